The van der Waals surface area contributed by atoms with Crippen LogP contribution in [-0.4, -0.2) is 29.2 Å². The van der Waals surface area contributed by atoms with Crippen molar-refractivity contribution in [3.05, 3.63) is 29.8 Å². The third-order valence-electron chi connectivity index (χ3n) is 2.51. The molecule has 1 aliphatic rings. The lowest BCUT2D eigenvalue weighted by molar-refractivity contribution is -0.274. The molecule has 1 saturated heterocycles. The second kappa shape index (κ2) is 5.30. The van der Waals surface area contributed by atoms with Gasteiger partial charge in [0.2, 0.25) is 0 Å². The maximum absolute atomic E-state index is 12.3. The maximum Gasteiger partial charge on any atom is 0.573 e. The van der Waals surface area contributed by atoms with Crippen molar-refractivity contribution in [2.75, 3.05) is 5.75 Å². The van der Waals surface area contributed by atoms with Crippen LogP contribution in [0, 0.1) is 0 Å². The molecule has 1 aromatic rings. The lowest BCUT2D eigenvalue weighted by Gasteiger charge is -2.17. The average molecular weight is 293 g/mol. The van der Waals surface area contributed by atoms with Crippen LogP contribution in [0.2, 0.25) is 0 Å². The van der Waals surface area contributed by atoms with Crippen LogP contribution < -0.4 is 10.1 Å². The fourth-order valence-electron chi connectivity index (χ4n) is 1.71. The van der Waals surface area contributed by atoms with Gasteiger partial charge in [-0.15, -0.1) is 24.9 Å². The number of alkyl halides is 3. The number of rotatable bonds is 3. The summed E-state index contributed by atoms with van der Waals surface area (Å²) >= 11 is 1.23. The summed E-state index contributed by atoms with van der Waals surface area (Å²) in [6.45, 7) is 0. The van der Waals surface area contributed by atoms with Crippen LogP contribution in [0.5, 0.6) is 5.75 Å². The van der Waals surface area contributed by atoms with Crippen LogP contribution in [0.3, 0.4) is 0 Å². The molecule has 0 bridgehead atoms. The zero-order valence-corrected chi connectivity index (χ0v) is 10.3. The highest BCUT2D eigenvalue weighted by molar-refractivity contribution is 7.99. The van der Waals surface area contributed by atoms with Gasteiger partial charge in [-0.25, -0.2) is 0 Å². The number of benzene rings is 1. The molecule has 2 atom stereocenters. The number of para-hydroxylation sites is 1. The fraction of sp³-hybridized carbons (Fsp3) is 0.364. The Balaban J connectivity index is 2.19. The minimum absolute atomic E-state index is 0.286. The van der Waals surface area contributed by atoms with Crippen molar-refractivity contribution in [3.63, 3.8) is 0 Å². The van der Waals surface area contributed by atoms with Crippen LogP contribution in [0.15, 0.2) is 24.3 Å². The first-order chi connectivity index (χ1) is 8.87. The smallest absolute Gasteiger partial charge is 0.480 e. The summed E-state index contributed by atoms with van der Waals surface area (Å²) in [4.78, 5) is 10.8. The van der Waals surface area contributed by atoms with Crippen LogP contribution in [0.4, 0.5) is 13.2 Å². The predicted octanol–water partition coefficient (Wildman–Crippen LogP) is 2.37. The highest BCUT2D eigenvalue weighted by atomic mass is 32.2. The van der Waals surface area contributed by atoms with E-state index in [-0.39, 0.29) is 11.3 Å². The minimum Gasteiger partial charge on any atom is -0.480 e. The Bertz CT molecular complexity index is 480. The Morgan fingerprint density at radius 2 is 2.11 bits per heavy atom. The number of nitrogens with one attached hydrogen (secondary N) is 1. The molecule has 0 spiro atoms. The number of aliphatic carboxylic acids is 1. The zero-order valence-electron chi connectivity index (χ0n) is 9.48. The van der Waals surface area contributed by atoms with E-state index in [4.69, 9.17) is 5.11 Å². The number of hydrogen-bond acceptors (Lipinski definition) is 4. The molecule has 0 aliphatic carbocycles. The topological polar surface area (TPSA) is 58.6 Å². The van der Waals surface area contributed by atoms with E-state index in [2.05, 4.69) is 10.1 Å². The first-order valence-electron chi connectivity index (χ1n) is 5.32. The van der Waals surface area contributed by atoms with Gasteiger partial charge in [-0.1, -0.05) is 18.2 Å². The highest BCUT2D eigenvalue weighted by Gasteiger charge is 2.35. The van der Waals surface area contributed by atoms with Gasteiger partial charge in [-0.05, 0) is 6.07 Å². The SMILES string of the molecule is O=C(O)[C@H]1CS[C@@H](c2ccccc2OC(F)(F)F)N1. The van der Waals surface area contributed by atoms with E-state index in [1.165, 1.54) is 30.0 Å². The molecule has 19 heavy (non-hydrogen) atoms. The van der Waals surface area contributed by atoms with Gasteiger partial charge >= 0.3 is 12.3 Å². The van der Waals surface area contributed by atoms with Gasteiger partial charge in [0.1, 0.15) is 11.8 Å². The maximum atomic E-state index is 12.3. The van der Waals surface area contributed by atoms with Crippen molar-refractivity contribution in [2.45, 2.75) is 17.8 Å². The van der Waals surface area contributed by atoms with E-state index in [1.807, 2.05) is 0 Å². The molecule has 1 heterocycles. The summed E-state index contributed by atoms with van der Waals surface area (Å²) in [7, 11) is 0. The Kier molecular flexibility index (Phi) is 3.91. The lowest BCUT2D eigenvalue weighted by Crippen LogP contribution is -2.33. The zero-order chi connectivity index (χ0) is 14.0. The van der Waals surface area contributed by atoms with Gasteiger partial charge < -0.3 is 9.84 Å². The van der Waals surface area contributed by atoms with Gasteiger partial charge in [0.05, 0.1) is 5.37 Å². The van der Waals surface area contributed by atoms with Gasteiger partial charge in [-0.3, -0.25) is 10.1 Å². The standard InChI is InChI=1S/C11H10F3NO3S/c12-11(13,14)18-8-4-2-1-3-6(8)9-15-7(5-19-9)10(16)17/h1-4,7,9,15H,5H2,(H,16,17)/t7-,9+/m1/s1. The number of carboxylic acid groups (broad SMARTS) is 1. The predicted molar refractivity (Wildman–Crippen MR) is 62.9 cm³/mol. The number of thioether (sulfide) groups is 1. The summed E-state index contributed by atoms with van der Waals surface area (Å²) < 4.78 is 40.7. The molecule has 4 nitrogen and oxygen atoms in total. The normalized spacial score (nSPS) is 23.3. The van der Waals surface area contributed by atoms with E-state index < -0.39 is 23.7 Å². The number of carboxylic acids is 1. The molecule has 0 saturated carbocycles. The largest absolute Gasteiger partial charge is 0.573 e. The van der Waals surface area contributed by atoms with E-state index in [0.29, 0.717) is 5.75 Å². The summed E-state index contributed by atoms with van der Waals surface area (Å²) in [6, 6.07) is 4.93. The number of carbonyl (C=O) groups is 1. The molecule has 0 unspecified atom stereocenters. The highest BCUT2D eigenvalue weighted by Crippen LogP contribution is 2.39. The van der Waals surface area contributed by atoms with E-state index in [1.54, 1.807) is 6.07 Å². The molecule has 0 radical (unpaired) electrons. The monoisotopic (exact) mass is 293 g/mol. The first kappa shape index (κ1) is 14.0. The molecule has 2 N–H and O–H groups in total. The molecule has 8 heteroatoms. The third kappa shape index (κ3) is 3.54. The lowest BCUT2D eigenvalue weighted by atomic mass is 10.2. The molecule has 104 valence electrons. The van der Waals surface area contributed by atoms with Crippen molar-refractivity contribution in [1.82, 2.24) is 5.32 Å². The van der Waals surface area contributed by atoms with Crippen LogP contribution >= 0.6 is 11.8 Å². The van der Waals surface area contributed by atoms with E-state index in [0.717, 1.165) is 0 Å². The number of ether oxygens (including phenoxy) is 1. The Morgan fingerprint density at radius 1 is 1.42 bits per heavy atom. The summed E-state index contributed by atoms with van der Waals surface area (Å²) in [6.07, 6.45) is -4.77. The second-order valence-corrected chi connectivity index (χ2v) is 4.99. The van der Waals surface area contributed by atoms with Crippen molar-refractivity contribution < 1.29 is 27.8 Å². The fourth-order valence-corrected chi connectivity index (χ4v) is 2.97. The minimum atomic E-state index is -4.77. The van der Waals surface area contributed by atoms with E-state index >= 15 is 0 Å². The molecule has 2 rings (SSSR count). The summed E-state index contributed by atoms with van der Waals surface area (Å²) in [5.74, 6) is -1.05. The molecule has 0 amide bonds. The van der Waals surface area contributed by atoms with Gasteiger partial charge in [0.15, 0.2) is 0 Å². The van der Waals surface area contributed by atoms with Crippen molar-refractivity contribution in [1.29, 1.82) is 0 Å². The average Bonchev–Trinajstić information content (AvgIpc) is 2.76. The Labute approximate surface area is 110 Å². The Hall–Kier alpha value is -1.41. The molecule has 0 aromatic heterocycles. The van der Waals surface area contributed by atoms with Crippen molar-refractivity contribution in [2.24, 2.45) is 0 Å². The Morgan fingerprint density at radius 3 is 2.68 bits per heavy atom. The van der Waals surface area contributed by atoms with Crippen molar-refractivity contribution >= 4 is 17.7 Å². The van der Waals surface area contributed by atoms with Crippen LogP contribution in [-0.2, 0) is 4.79 Å². The second-order valence-electron chi connectivity index (χ2n) is 3.86. The molecule has 1 aliphatic heterocycles. The number of hydrogen-bond donors (Lipinski definition) is 2. The molecular formula is C11H10F3NO3S. The molecular weight excluding hydrogens is 283 g/mol. The quantitative estimate of drug-likeness (QED) is 0.896. The first-order valence-corrected chi connectivity index (χ1v) is 6.37. The van der Waals surface area contributed by atoms with Crippen LogP contribution in [0.25, 0.3) is 0 Å². The van der Waals surface area contributed by atoms with Gasteiger partial charge in [-0.2, -0.15) is 0 Å². The van der Waals surface area contributed by atoms with Gasteiger partial charge in [0, 0.05) is 11.3 Å². The number of halogens is 3. The summed E-state index contributed by atoms with van der Waals surface area (Å²) in [5.41, 5.74) is 0.286. The third-order valence-corrected chi connectivity index (χ3v) is 3.76. The van der Waals surface area contributed by atoms with Gasteiger partial charge in [0.25, 0.3) is 0 Å². The van der Waals surface area contributed by atoms with Crippen LogP contribution in [0.1, 0.15) is 10.9 Å². The van der Waals surface area contributed by atoms with Crippen molar-refractivity contribution in [3.8, 4) is 5.75 Å². The summed E-state index contributed by atoms with van der Waals surface area (Å²) in [5, 5.41) is 11.1. The van der Waals surface area contributed by atoms with E-state index in [9.17, 15) is 18.0 Å². The molecule has 1 aromatic carbocycles. The molecule has 1 fully saturated rings.